The average Bonchev–Trinajstić information content (AvgIpc) is 2.88. The Labute approximate surface area is 123 Å². The van der Waals surface area contributed by atoms with Crippen molar-refractivity contribution in [2.45, 2.75) is 32.7 Å². The van der Waals surface area contributed by atoms with Crippen molar-refractivity contribution in [2.75, 3.05) is 12.4 Å². The minimum Gasteiger partial charge on any atom is -0.495 e. The molecule has 20 heavy (non-hydrogen) atoms. The van der Waals surface area contributed by atoms with Crippen LogP contribution in [0, 0.1) is 0 Å². The summed E-state index contributed by atoms with van der Waals surface area (Å²) in [4.78, 5) is 4.36. The van der Waals surface area contributed by atoms with Gasteiger partial charge in [-0.25, -0.2) is 0 Å². The van der Waals surface area contributed by atoms with E-state index in [0.29, 0.717) is 22.5 Å². The molecule has 0 saturated heterocycles. The summed E-state index contributed by atoms with van der Waals surface area (Å²) in [5, 5.41) is 7.77. The molecule has 1 aromatic heterocycles. The predicted molar refractivity (Wildman–Crippen MR) is 78.4 cm³/mol. The molecule has 6 heteroatoms. The Morgan fingerprint density at radius 1 is 1.30 bits per heavy atom. The van der Waals surface area contributed by atoms with E-state index >= 15 is 0 Å². The number of hydrogen-bond donors (Lipinski definition) is 1. The molecule has 0 saturated carbocycles. The van der Waals surface area contributed by atoms with Crippen LogP contribution in [-0.2, 0) is 0 Å². The van der Waals surface area contributed by atoms with Gasteiger partial charge in [-0.15, -0.1) is 0 Å². The molecule has 1 aromatic carbocycles. The van der Waals surface area contributed by atoms with Crippen LogP contribution in [0.3, 0.4) is 0 Å². The second-order valence-corrected chi connectivity index (χ2v) is 5.27. The minimum absolute atomic E-state index is 0.0977. The van der Waals surface area contributed by atoms with E-state index in [1.807, 2.05) is 32.9 Å². The molecule has 0 aliphatic heterocycles. The molecule has 0 bridgehead atoms. The number of nitrogens with zero attached hydrogens (tertiary/aromatic N) is 2. The average molecular weight is 296 g/mol. The van der Waals surface area contributed by atoms with Crippen molar-refractivity contribution >= 4 is 17.3 Å². The smallest absolute Gasteiger partial charge is 0.248 e. The molecule has 0 amide bonds. The fraction of sp³-hybridized carbons (Fsp3) is 0.429. The molecule has 0 fully saturated rings. The predicted octanol–water partition coefficient (Wildman–Crippen LogP) is 4.03. The standard InChI is InChI=1S/C14H18ClN3O2/c1-8(2)13-17-14(20-18-13)9(3)16-10-5-6-12(19-4)11(15)7-10/h5-9,16H,1-4H3/t9-/m0/s1. The number of ether oxygens (including phenoxy) is 1. The lowest BCUT2D eigenvalue weighted by Gasteiger charge is -2.12. The van der Waals surface area contributed by atoms with Crippen LogP contribution in [0.2, 0.25) is 5.02 Å². The zero-order chi connectivity index (χ0) is 14.7. The Morgan fingerprint density at radius 3 is 2.60 bits per heavy atom. The SMILES string of the molecule is COc1ccc(N[C@@H](C)c2nc(C(C)C)no2)cc1Cl. The lowest BCUT2D eigenvalue weighted by molar-refractivity contribution is 0.361. The first kappa shape index (κ1) is 14.7. The largest absolute Gasteiger partial charge is 0.495 e. The van der Waals surface area contributed by atoms with Crippen LogP contribution in [0.1, 0.15) is 44.4 Å². The third-order valence-electron chi connectivity index (χ3n) is 2.88. The highest BCUT2D eigenvalue weighted by molar-refractivity contribution is 6.32. The number of rotatable bonds is 5. The molecule has 108 valence electrons. The van der Waals surface area contributed by atoms with Gasteiger partial charge in [0.1, 0.15) is 11.8 Å². The van der Waals surface area contributed by atoms with Gasteiger partial charge in [0.05, 0.1) is 12.1 Å². The molecule has 0 aliphatic carbocycles. The third kappa shape index (κ3) is 3.22. The number of methoxy groups -OCH3 is 1. The van der Waals surface area contributed by atoms with Crippen LogP contribution in [0.4, 0.5) is 5.69 Å². The molecule has 2 rings (SSSR count). The number of anilines is 1. The van der Waals surface area contributed by atoms with Gasteiger partial charge in [-0.05, 0) is 25.1 Å². The lowest BCUT2D eigenvalue weighted by Crippen LogP contribution is -2.07. The first-order valence-corrected chi connectivity index (χ1v) is 6.82. The highest BCUT2D eigenvalue weighted by Gasteiger charge is 2.16. The summed E-state index contributed by atoms with van der Waals surface area (Å²) in [6, 6.07) is 5.40. The first-order valence-electron chi connectivity index (χ1n) is 6.44. The first-order chi connectivity index (χ1) is 9.51. The molecule has 1 heterocycles. The summed E-state index contributed by atoms with van der Waals surface area (Å²) in [6.07, 6.45) is 0. The molecule has 1 atom stereocenters. The van der Waals surface area contributed by atoms with Crippen LogP contribution < -0.4 is 10.1 Å². The van der Waals surface area contributed by atoms with E-state index in [0.717, 1.165) is 5.69 Å². The molecular formula is C14H18ClN3O2. The van der Waals surface area contributed by atoms with E-state index in [-0.39, 0.29) is 12.0 Å². The van der Waals surface area contributed by atoms with Gasteiger partial charge in [0.25, 0.3) is 0 Å². The summed E-state index contributed by atoms with van der Waals surface area (Å²) in [7, 11) is 1.59. The van der Waals surface area contributed by atoms with Crippen LogP contribution in [0.5, 0.6) is 5.75 Å². The normalized spacial score (nSPS) is 12.5. The second kappa shape index (κ2) is 6.13. The van der Waals surface area contributed by atoms with Crippen molar-refractivity contribution in [1.82, 2.24) is 10.1 Å². The molecule has 2 aromatic rings. The molecule has 5 nitrogen and oxygen atoms in total. The van der Waals surface area contributed by atoms with Crippen molar-refractivity contribution in [1.29, 1.82) is 0 Å². The molecule has 0 unspecified atom stereocenters. The van der Waals surface area contributed by atoms with Gasteiger partial charge in [-0.3, -0.25) is 0 Å². The van der Waals surface area contributed by atoms with E-state index in [2.05, 4.69) is 15.5 Å². The maximum absolute atomic E-state index is 6.09. The van der Waals surface area contributed by atoms with Crippen LogP contribution >= 0.6 is 11.6 Å². The van der Waals surface area contributed by atoms with Crippen LogP contribution in [0.15, 0.2) is 22.7 Å². The summed E-state index contributed by atoms with van der Waals surface area (Å²) in [5.74, 6) is 2.15. The molecule has 0 radical (unpaired) electrons. The van der Waals surface area contributed by atoms with Gasteiger partial charge in [0, 0.05) is 11.6 Å². The molecule has 0 spiro atoms. The fourth-order valence-corrected chi connectivity index (χ4v) is 1.98. The summed E-state index contributed by atoms with van der Waals surface area (Å²) in [5.41, 5.74) is 0.868. The van der Waals surface area contributed by atoms with Gasteiger partial charge < -0.3 is 14.6 Å². The van der Waals surface area contributed by atoms with Gasteiger partial charge in [0.15, 0.2) is 5.82 Å². The van der Waals surface area contributed by atoms with Gasteiger partial charge in [-0.2, -0.15) is 4.98 Å². The topological polar surface area (TPSA) is 60.2 Å². The Morgan fingerprint density at radius 2 is 2.05 bits per heavy atom. The zero-order valence-electron chi connectivity index (χ0n) is 12.0. The van der Waals surface area contributed by atoms with Crippen molar-refractivity contribution < 1.29 is 9.26 Å². The van der Waals surface area contributed by atoms with Gasteiger partial charge in [-0.1, -0.05) is 30.6 Å². The van der Waals surface area contributed by atoms with Crippen molar-refractivity contribution in [3.05, 3.63) is 34.9 Å². The zero-order valence-corrected chi connectivity index (χ0v) is 12.7. The maximum Gasteiger partial charge on any atom is 0.248 e. The number of aromatic nitrogens is 2. The van der Waals surface area contributed by atoms with E-state index in [1.54, 1.807) is 13.2 Å². The highest BCUT2D eigenvalue weighted by Crippen LogP contribution is 2.29. The molecular weight excluding hydrogens is 278 g/mol. The number of nitrogens with one attached hydrogen (secondary N) is 1. The maximum atomic E-state index is 6.09. The van der Waals surface area contributed by atoms with Gasteiger partial charge >= 0.3 is 0 Å². The van der Waals surface area contributed by atoms with E-state index < -0.39 is 0 Å². The summed E-state index contributed by atoms with van der Waals surface area (Å²) >= 11 is 6.09. The molecule has 1 N–H and O–H groups in total. The minimum atomic E-state index is -0.0977. The fourth-order valence-electron chi connectivity index (χ4n) is 1.73. The van der Waals surface area contributed by atoms with E-state index in [4.69, 9.17) is 20.9 Å². The summed E-state index contributed by atoms with van der Waals surface area (Å²) < 4.78 is 10.4. The summed E-state index contributed by atoms with van der Waals surface area (Å²) in [6.45, 7) is 6.00. The number of halogens is 1. The Balaban J connectivity index is 2.10. The Bertz CT molecular complexity index is 584. The molecule has 0 aliphatic rings. The quantitative estimate of drug-likeness (QED) is 0.902. The van der Waals surface area contributed by atoms with Gasteiger partial charge in [0.2, 0.25) is 5.89 Å². The van der Waals surface area contributed by atoms with Crippen LogP contribution in [-0.4, -0.2) is 17.3 Å². The number of hydrogen-bond acceptors (Lipinski definition) is 5. The lowest BCUT2D eigenvalue weighted by atomic mass is 10.2. The van der Waals surface area contributed by atoms with Crippen LogP contribution in [0.25, 0.3) is 0 Å². The van der Waals surface area contributed by atoms with Crippen molar-refractivity contribution in [2.24, 2.45) is 0 Å². The number of benzene rings is 1. The van der Waals surface area contributed by atoms with Crippen molar-refractivity contribution in [3.63, 3.8) is 0 Å². The third-order valence-corrected chi connectivity index (χ3v) is 3.17. The van der Waals surface area contributed by atoms with Crippen molar-refractivity contribution in [3.8, 4) is 5.75 Å². The van der Waals surface area contributed by atoms with E-state index in [9.17, 15) is 0 Å². The van der Waals surface area contributed by atoms with E-state index in [1.165, 1.54) is 0 Å². The monoisotopic (exact) mass is 295 g/mol. The highest BCUT2D eigenvalue weighted by atomic mass is 35.5. The second-order valence-electron chi connectivity index (χ2n) is 4.86. The Hall–Kier alpha value is -1.75. The Kier molecular flexibility index (Phi) is 4.49.